The van der Waals surface area contributed by atoms with Crippen LogP contribution in [-0.4, -0.2) is 23.8 Å². The van der Waals surface area contributed by atoms with Crippen LogP contribution in [0.25, 0.3) is 6.08 Å². The summed E-state index contributed by atoms with van der Waals surface area (Å²) in [5, 5.41) is 20.4. The van der Waals surface area contributed by atoms with Gasteiger partial charge < -0.3 is 9.64 Å². The summed E-state index contributed by atoms with van der Waals surface area (Å²) in [6.45, 7) is 2.81. The highest BCUT2D eigenvalue weighted by Crippen LogP contribution is 2.55. The number of carbonyl (C=O) groups is 2. The van der Waals surface area contributed by atoms with Gasteiger partial charge in [-0.3, -0.25) is 9.59 Å². The maximum atomic E-state index is 12.9. The second-order valence-corrected chi connectivity index (χ2v) is 7.56. The van der Waals surface area contributed by atoms with Gasteiger partial charge in [-0.05, 0) is 36.2 Å². The quantitative estimate of drug-likeness (QED) is 0.580. The molecule has 2 aromatic rings. The third kappa shape index (κ3) is 2.77. The fourth-order valence-electron chi connectivity index (χ4n) is 4.67. The number of ether oxygens (including phenoxy) is 1. The molecular formula is C24H19N3O3. The molecule has 0 aliphatic carbocycles. The molecule has 0 aromatic heterocycles. The van der Waals surface area contributed by atoms with Gasteiger partial charge >= 0.3 is 5.97 Å². The number of nitrogens with zero attached hydrogens (tertiary/aromatic N) is 3. The van der Waals surface area contributed by atoms with E-state index in [9.17, 15) is 20.1 Å². The van der Waals surface area contributed by atoms with Crippen LogP contribution in [0.3, 0.4) is 0 Å². The molecule has 2 aliphatic rings. The molecule has 6 nitrogen and oxygen atoms in total. The molecule has 0 spiro atoms. The minimum absolute atomic E-state index is 0.119. The van der Waals surface area contributed by atoms with Crippen molar-refractivity contribution in [3.63, 3.8) is 0 Å². The minimum Gasteiger partial charge on any atom is -0.427 e. The van der Waals surface area contributed by atoms with Gasteiger partial charge in [-0.1, -0.05) is 42.5 Å². The molecule has 0 amide bonds. The van der Waals surface area contributed by atoms with E-state index in [1.807, 2.05) is 41.3 Å². The van der Waals surface area contributed by atoms with E-state index >= 15 is 0 Å². The van der Waals surface area contributed by atoms with Crippen LogP contribution in [0.15, 0.2) is 54.6 Å². The van der Waals surface area contributed by atoms with Crippen LogP contribution in [-0.2, 0) is 9.59 Å². The first kappa shape index (κ1) is 19.4. The van der Waals surface area contributed by atoms with Crippen molar-refractivity contribution in [2.45, 2.75) is 31.8 Å². The van der Waals surface area contributed by atoms with E-state index in [1.165, 1.54) is 13.8 Å². The predicted molar refractivity (Wildman–Crippen MR) is 110 cm³/mol. The van der Waals surface area contributed by atoms with Crippen molar-refractivity contribution >= 4 is 23.5 Å². The Morgan fingerprint density at radius 2 is 1.70 bits per heavy atom. The van der Waals surface area contributed by atoms with Gasteiger partial charge in [-0.2, -0.15) is 10.5 Å². The van der Waals surface area contributed by atoms with Crippen molar-refractivity contribution in [1.29, 1.82) is 10.5 Å². The largest absolute Gasteiger partial charge is 0.427 e. The number of Topliss-reactive ketones (excluding diaryl/α,β-unsaturated/α-hetero) is 1. The molecule has 0 N–H and O–H groups in total. The van der Waals surface area contributed by atoms with E-state index in [-0.39, 0.29) is 5.78 Å². The van der Waals surface area contributed by atoms with Gasteiger partial charge in [0.1, 0.15) is 5.75 Å². The van der Waals surface area contributed by atoms with Crippen molar-refractivity contribution in [3.8, 4) is 17.9 Å². The number of hydrogen-bond acceptors (Lipinski definition) is 6. The second kappa shape index (κ2) is 7.17. The molecule has 6 heteroatoms. The number of rotatable bonds is 3. The number of hydrogen-bond donors (Lipinski definition) is 0. The summed E-state index contributed by atoms with van der Waals surface area (Å²) in [7, 11) is 0. The number of nitriles is 2. The Kier molecular flexibility index (Phi) is 4.64. The predicted octanol–water partition coefficient (Wildman–Crippen LogP) is 3.60. The lowest BCUT2D eigenvalue weighted by Gasteiger charge is -2.35. The van der Waals surface area contributed by atoms with Gasteiger partial charge in [-0.25, -0.2) is 0 Å². The van der Waals surface area contributed by atoms with Crippen LogP contribution >= 0.6 is 0 Å². The number of anilines is 1. The van der Waals surface area contributed by atoms with E-state index in [0.29, 0.717) is 11.3 Å². The lowest BCUT2D eigenvalue weighted by atomic mass is 9.69. The van der Waals surface area contributed by atoms with Crippen LogP contribution in [0.1, 0.15) is 30.9 Å². The molecule has 3 atom stereocenters. The molecule has 2 heterocycles. The number of benzene rings is 2. The average molecular weight is 397 g/mol. The number of carbonyl (C=O) groups excluding carboxylic acids is 2. The number of esters is 1. The third-order valence-corrected chi connectivity index (χ3v) is 5.83. The molecule has 1 fully saturated rings. The molecule has 148 valence electrons. The summed E-state index contributed by atoms with van der Waals surface area (Å²) in [5.41, 5.74) is 0.993. The molecule has 1 saturated heterocycles. The van der Waals surface area contributed by atoms with Gasteiger partial charge in [-0.15, -0.1) is 0 Å². The maximum Gasteiger partial charge on any atom is 0.308 e. The Labute approximate surface area is 174 Å². The molecule has 0 saturated carbocycles. The second-order valence-electron chi connectivity index (χ2n) is 7.56. The normalized spacial score (nSPS) is 22.9. The van der Waals surface area contributed by atoms with Gasteiger partial charge in [0.2, 0.25) is 0 Å². The first-order chi connectivity index (χ1) is 14.4. The van der Waals surface area contributed by atoms with Crippen molar-refractivity contribution in [2.75, 3.05) is 4.90 Å². The molecule has 30 heavy (non-hydrogen) atoms. The highest BCUT2D eigenvalue weighted by Gasteiger charge is 2.62. The Hall–Kier alpha value is -3.90. The first-order valence-corrected chi connectivity index (χ1v) is 9.60. The first-order valence-electron chi connectivity index (χ1n) is 9.60. The number of fused-ring (bicyclic) bond motifs is 3. The summed E-state index contributed by atoms with van der Waals surface area (Å²) < 4.78 is 5.09. The summed E-state index contributed by atoms with van der Waals surface area (Å²) in [6, 6.07) is 17.6. The van der Waals surface area contributed by atoms with Crippen molar-refractivity contribution in [2.24, 2.45) is 5.41 Å². The topological polar surface area (TPSA) is 94.2 Å². The Morgan fingerprint density at radius 1 is 1.03 bits per heavy atom. The molecule has 2 aliphatic heterocycles. The smallest absolute Gasteiger partial charge is 0.308 e. The molecule has 0 bridgehead atoms. The monoisotopic (exact) mass is 397 g/mol. The van der Waals surface area contributed by atoms with Crippen molar-refractivity contribution in [3.05, 3.63) is 65.7 Å². The van der Waals surface area contributed by atoms with E-state index < -0.39 is 29.4 Å². The fraction of sp³-hybridized carbons (Fsp3) is 0.250. The third-order valence-electron chi connectivity index (χ3n) is 5.83. The molecular weight excluding hydrogens is 378 g/mol. The Balaban J connectivity index is 1.90. The van der Waals surface area contributed by atoms with E-state index in [2.05, 4.69) is 12.1 Å². The Morgan fingerprint density at radius 3 is 2.30 bits per heavy atom. The van der Waals surface area contributed by atoms with Crippen molar-refractivity contribution in [1.82, 2.24) is 0 Å². The average Bonchev–Trinajstić information content (AvgIpc) is 3.05. The van der Waals surface area contributed by atoms with Crippen LogP contribution in [0.4, 0.5) is 5.69 Å². The lowest BCUT2D eigenvalue weighted by Crippen LogP contribution is -2.43. The lowest BCUT2D eigenvalue weighted by molar-refractivity contribution is -0.131. The number of para-hydroxylation sites is 1. The summed E-state index contributed by atoms with van der Waals surface area (Å²) >= 11 is 0. The van der Waals surface area contributed by atoms with Gasteiger partial charge in [0, 0.05) is 18.5 Å². The van der Waals surface area contributed by atoms with Crippen LogP contribution in [0.5, 0.6) is 5.75 Å². The van der Waals surface area contributed by atoms with E-state index in [4.69, 9.17) is 4.74 Å². The number of ketones is 1. The standard InChI is InChI=1S/C24H19N3O3/c1-15(28)23-22(18-7-10-19(11-8-18)30-16(2)29)24(13-25,14-26)21-12-9-17-5-3-4-6-20(17)27(21)23/h3-12,21-23H,1-2H3/t21-,22+,23-/m0/s1. The van der Waals surface area contributed by atoms with E-state index in [1.54, 1.807) is 24.3 Å². The highest BCUT2D eigenvalue weighted by molar-refractivity contribution is 5.91. The molecule has 0 radical (unpaired) electrons. The van der Waals surface area contributed by atoms with E-state index in [0.717, 1.165) is 11.3 Å². The summed E-state index contributed by atoms with van der Waals surface area (Å²) in [6.07, 6.45) is 3.75. The summed E-state index contributed by atoms with van der Waals surface area (Å²) in [4.78, 5) is 26.0. The van der Waals surface area contributed by atoms with Crippen LogP contribution in [0, 0.1) is 28.1 Å². The SMILES string of the molecule is CC(=O)Oc1ccc([C@@H]2[C@H](C(C)=O)N3c4ccccc4C=C[C@H]3C2(C#N)C#N)cc1. The van der Waals surface area contributed by atoms with Crippen molar-refractivity contribution < 1.29 is 14.3 Å². The maximum absolute atomic E-state index is 12.9. The molecule has 2 aromatic carbocycles. The molecule has 0 unspecified atom stereocenters. The zero-order valence-corrected chi connectivity index (χ0v) is 16.6. The van der Waals surface area contributed by atoms with Gasteiger partial charge in [0.05, 0.1) is 24.2 Å². The highest BCUT2D eigenvalue weighted by atomic mass is 16.5. The summed E-state index contributed by atoms with van der Waals surface area (Å²) in [5.74, 6) is -0.859. The van der Waals surface area contributed by atoms with Gasteiger partial charge in [0.15, 0.2) is 11.2 Å². The Bertz CT molecular complexity index is 1120. The zero-order chi connectivity index (χ0) is 21.5. The minimum atomic E-state index is -1.46. The fourth-order valence-corrected chi connectivity index (χ4v) is 4.67. The van der Waals surface area contributed by atoms with Gasteiger partial charge in [0.25, 0.3) is 0 Å². The molecule has 4 rings (SSSR count). The zero-order valence-electron chi connectivity index (χ0n) is 16.6. The van der Waals surface area contributed by atoms with Crippen LogP contribution in [0.2, 0.25) is 0 Å². The van der Waals surface area contributed by atoms with Crippen LogP contribution < -0.4 is 9.64 Å².